The largest absolute Gasteiger partial charge is 0.463 e. The predicted molar refractivity (Wildman–Crippen MR) is 62.5 cm³/mol. The van der Waals surface area contributed by atoms with E-state index in [1.807, 2.05) is 19.9 Å². The number of nitrogens with zero attached hydrogens (tertiary/aromatic N) is 1. The molecule has 0 saturated carbocycles. The van der Waals surface area contributed by atoms with Crippen molar-refractivity contribution in [3.05, 3.63) is 11.6 Å². The van der Waals surface area contributed by atoms with Crippen LogP contribution in [-0.2, 0) is 9.53 Å². The minimum absolute atomic E-state index is 0.195. The molecule has 88 valence electrons. The Kier molecular flexibility index (Phi) is 6.25. The SMILES string of the molecule is CCOC(=O)C(C)=CCC[N+](C)(C)CC. The Morgan fingerprint density at radius 2 is 1.93 bits per heavy atom. The van der Waals surface area contributed by atoms with Gasteiger partial charge in [0.2, 0.25) is 0 Å². The molecular formula is C12H24NO2+. The molecule has 0 aromatic carbocycles. The van der Waals surface area contributed by atoms with Crippen LogP contribution in [0.15, 0.2) is 11.6 Å². The summed E-state index contributed by atoms with van der Waals surface area (Å²) in [6, 6.07) is 0. The van der Waals surface area contributed by atoms with Gasteiger partial charge in [-0.15, -0.1) is 0 Å². The van der Waals surface area contributed by atoms with Gasteiger partial charge in [-0.1, -0.05) is 6.08 Å². The van der Waals surface area contributed by atoms with Crippen LogP contribution in [0.25, 0.3) is 0 Å². The Balaban J connectivity index is 4.01. The molecule has 0 aromatic heterocycles. The predicted octanol–water partition coefficient (Wildman–Crippen LogP) is 1.98. The Hall–Kier alpha value is -0.830. The highest BCUT2D eigenvalue weighted by molar-refractivity contribution is 5.87. The van der Waals surface area contributed by atoms with Crippen LogP contribution in [0.1, 0.15) is 27.2 Å². The van der Waals surface area contributed by atoms with Gasteiger partial charge in [0, 0.05) is 12.0 Å². The molecular weight excluding hydrogens is 190 g/mol. The van der Waals surface area contributed by atoms with Gasteiger partial charge >= 0.3 is 5.97 Å². The second-order valence-corrected chi connectivity index (χ2v) is 4.37. The lowest BCUT2D eigenvalue weighted by atomic mass is 10.2. The van der Waals surface area contributed by atoms with E-state index in [1.54, 1.807) is 0 Å². The van der Waals surface area contributed by atoms with Crippen LogP contribution in [0.4, 0.5) is 0 Å². The number of hydrogen-bond donors (Lipinski definition) is 0. The van der Waals surface area contributed by atoms with Gasteiger partial charge < -0.3 is 9.22 Å². The van der Waals surface area contributed by atoms with Crippen LogP contribution in [0, 0.1) is 0 Å². The van der Waals surface area contributed by atoms with Crippen molar-refractivity contribution >= 4 is 5.97 Å². The zero-order chi connectivity index (χ0) is 11.9. The molecule has 0 saturated heterocycles. The van der Waals surface area contributed by atoms with Gasteiger partial charge in [-0.3, -0.25) is 0 Å². The summed E-state index contributed by atoms with van der Waals surface area (Å²) in [7, 11) is 4.38. The van der Waals surface area contributed by atoms with Gasteiger partial charge in [-0.25, -0.2) is 4.79 Å². The standard InChI is InChI=1S/C12H24NO2/c1-6-13(4,5)10-8-9-11(3)12(14)15-7-2/h9H,6-8,10H2,1-5H3/q+1. The number of esters is 1. The van der Waals surface area contributed by atoms with E-state index in [4.69, 9.17) is 4.74 Å². The van der Waals surface area contributed by atoms with Gasteiger partial charge in [-0.05, 0) is 20.8 Å². The van der Waals surface area contributed by atoms with Crippen LogP contribution in [-0.4, -0.2) is 44.2 Å². The molecule has 0 N–H and O–H groups in total. The van der Waals surface area contributed by atoms with Crippen LogP contribution in [0.3, 0.4) is 0 Å². The Morgan fingerprint density at radius 1 is 1.33 bits per heavy atom. The van der Waals surface area contributed by atoms with E-state index in [1.165, 1.54) is 0 Å². The molecule has 0 spiro atoms. The van der Waals surface area contributed by atoms with Gasteiger partial charge in [0.05, 0.1) is 33.8 Å². The lowest BCUT2D eigenvalue weighted by Crippen LogP contribution is -2.39. The Bertz CT molecular complexity index is 232. The molecule has 15 heavy (non-hydrogen) atoms. The summed E-state index contributed by atoms with van der Waals surface area (Å²) in [4.78, 5) is 11.3. The molecule has 0 aromatic rings. The van der Waals surface area contributed by atoms with E-state index in [0.29, 0.717) is 12.2 Å². The van der Waals surface area contributed by atoms with Crippen molar-refractivity contribution in [1.29, 1.82) is 0 Å². The number of carbonyl (C=O) groups excluding carboxylic acids is 1. The molecule has 0 rings (SSSR count). The van der Waals surface area contributed by atoms with E-state index in [-0.39, 0.29) is 5.97 Å². The Labute approximate surface area is 93.3 Å². The average molecular weight is 214 g/mol. The minimum Gasteiger partial charge on any atom is -0.463 e. The second kappa shape index (κ2) is 6.62. The molecule has 0 fully saturated rings. The summed E-state index contributed by atoms with van der Waals surface area (Å²) in [6.07, 6.45) is 2.89. The van der Waals surface area contributed by atoms with E-state index >= 15 is 0 Å². The number of rotatable bonds is 6. The zero-order valence-corrected chi connectivity index (χ0v) is 10.7. The number of quaternary nitrogens is 1. The van der Waals surface area contributed by atoms with Crippen molar-refractivity contribution in [2.24, 2.45) is 0 Å². The van der Waals surface area contributed by atoms with Crippen molar-refractivity contribution < 1.29 is 14.0 Å². The fourth-order valence-corrected chi connectivity index (χ4v) is 1.12. The van der Waals surface area contributed by atoms with Crippen molar-refractivity contribution in [2.45, 2.75) is 27.2 Å². The number of hydrogen-bond acceptors (Lipinski definition) is 2. The highest BCUT2D eigenvalue weighted by Crippen LogP contribution is 2.03. The molecule has 0 radical (unpaired) electrons. The second-order valence-electron chi connectivity index (χ2n) is 4.37. The highest BCUT2D eigenvalue weighted by atomic mass is 16.5. The van der Waals surface area contributed by atoms with Gasteiger partial charge in [0.25, 0.3) is 0 Å². The van der Waals surface area contributed by atoms with Crippen LogP contribution < -0.4 is 0 Å². The smallest absolute Gasteiger partial charge is 0.333 e. The molecule has 0 aliphatic rings. The van der Waals surface area contributed by atoms with Crippen LogP contribution in [0.2, 0.25) is 0 Å². The highest BCUT2D eigenvalue weighted by Gasteiger charge is 2.10. The summed E-state index contributed by atoms with van der Waals surface area (Å²) >= 11 is 0. The maximum absolute atomic E-state index is 11.3. The average Bonchev–Trinajstić information content (AvgIpc) is 2.18. The minimum atomic E-state index is -0.195. The third-order valence-corrected chi connectivity index (χ3v) is 2.64. The molecule has 0 unspecified atom stereocenters. The number of carbonyl (C=O) groups is 1. The normalized spacial score (nSPS) is 12.7. The lowest BCUT2D eigenvalue weighted by molar-refractivity contribution is -0.888. The van der Waals surface area contributed by atoms with Crippen LogP contribution in [0.5, 0.6) is 0 Å². The van der Waals surface area contributed by atoms with E-state index in [9.17, 15) is 4.79 Å². The van der Waals surface area contributed by atoms with Gasteiger partial charge in [0.15, 0.2) is 0 Å². The molecule has 0 aliphatic carbocycles. The lowest BCUT2D eigenvalue weighted by Gasteiger charge is -2.27. The molecule has 0 atom stereocenters. The molecule has 0 heterocycles. The summed E-state index contributed by atoms with van der Waals surface area (Å²) in [6.45, 7) is 8.40. The number of ether oxygens (including phenoxy) is 1. The monoisotopic (exact) mass is 214 g/mol. The fraction of sp³-hybridized carbons (Fsp3) is 0.750. The fourth-order valence-electron chi connectivity index (χ4n) is 1.12. The zero-order valence-electron chi connectivity index (χ0n) is 10.7. The molecule has 0 amide bonds. The van der Waals surface area contributed by atoms with Gasteiger partial charge in [0.1, 0.15) is 0 Å². The van der Waals surface area contributed by atoms with Crippen molar-refractivity contribution in [3.63, 3.8) is 0 Å². The first-order valence-corrected chi connectivity index (χ1v) is 5.58. The maximum Gasteiger partial charge on any atom is 0.333 e. The molecule has 3 nitrogen and oxygen atoms in total. The maximum atomic E-state index is 11.3. The summed E-state index contributed by atoms with van der Waals surface area (Å²) in [5.41, 5.74) is 0.716. The molecule has 0 aliphatic heterocycles. The van der Waals surface area contributed by atoms with Crippen molar-refractivity contribution in [2.75, 3.05) is 33.8 Å². The van der Waals surface area contributed by atoms with Gasteiger partial charge in [-0.2, -0.15) is 0 Å². The first-order valence-electron chi connectivity index (χ1n) is 5.58. The third-order valence-electron chi connectivity index (χ3n) is 2.64. The first kappa shape index (κ1) is 14.2. The topological polar surface area (TPSA) is 26.3 Å². The van der Waals surface area contributed by atoms with E-state index in [0.717, 1.165) is 24.0 Å². The van der Waals surface area contributed by atoms with E-state index in [2.05, 4.69) is 21.0 Å². The van der Waals surface area contributed by atoms with Crippen molar-refractivity contribution in [3.8, 4) is 0 Å². The summed E-state index contributed by atoms with van der Waals surface area (Å²) in [5.74, 6) is -0.195. The first-order chi connectivity index (χ1) is 6.93. The van der Waals surface area contributed by atoms with E-state index < -0.39 is 0 Å². The summed E-state index contributed by atoms with van der Waals surface area (Å²) < 4.78 is 5.88. The Morgan fingerprint density at radius 3 is 2.40 bits per heavy atom. The van der Waals surface area contributed by atoms with Crippen LogP contribution >= 0.6 is 0 Å². The van der Waals surface area contributed by atoms with Crippen molar-refractivity contribution in [1.82, 2.24) is 0 Å². The third kappa shape index (κ3) is 6.28. The molecule has 0 bridgehead atoms. The summed E-state index contributed by atoms with van der Waals surface area (Å²) in [5, 5.41) is 0. The molecule has 3 heteroatoms. The quantitative estimate of drug-likeness (QED) is 0.384.